The van der Waals surface area contributed by atoms with Gasteiger partial charge in [0.25, 0.3) is 0 Å². The van der Waals surface area contributed by atoms with Crippen molar-refractivity contribution >= 4 is 16.9 Å². The number of fused-ring (bicyclic) bond motifs is 1. The highest BCUT2D eigenvalue weighted by molar-refractivity contribution is 5.72. The lowest BCUT2D eigenvalue weighted by Crippen LogP contribution is -2.46. The van der Waals surface area contributed by atoms with Gasteiger partial charge in [-0.1, -0.05) is 12.1 Å². The topological polar surface area (TPSA) is 58.3 Å². The molecule has 4 rings (SSSR count). The SMILES string of the molecule is Cc1ccc(N2CCC[C@@H](N(C)Cc3nc4ccccc4o3)C2)nn1. The van der Waals surface area contributed by atoms with Crippen LogP contribution in [0.5, 0.6) is 0 Å². The number of hydrogen-bond donors (Lipinski definition) is 0. The number of rotatable bonds is 4. The van der Waals surface area contributed by atoms with E-state index in [0.717, 1.165) is 48.0 Å². The fraction of sp³-hybridized carbons (Fsp3) is 0.421. The molecule has 6 heteroatoms. The predicted octanol–water partition coefficient (Wildman–Crippen LogP) is 3.03. The van der Waals surface area contributed by atoms with Crippen LogP contribution in [-0.2, 0) is 6.54 Å². The molecule has 3 aromatic rings. The zero-order valence-corrected chi connectivity index (χ0v) is 14.7. The summed E-state index contributed by atoms with van der Waals surface area (Å²) in [6.07, 6.45) is 2.32. The summed E-state index contributed by atoms with van der Waals surface area (Å²) in [6.45, 7) is 4.66. The maximum Gasteiger partial charge on any atom is 0.209 e. The Morgan fingerprint density at radius 3 is 2.88 bits per heavy atom. The van der Waals surface area contributed by atoms with E-state index in [1.165, 1.54) is 6.42 Å². The molecule has 1 aromatic carbocycles. The molecule has 0 radical (unpaired) electrons. The number of aromatic nitrogens is 3. The molecule has 25 heavy (non-hydrogen) atoms. The number of oxazole rings is 1. The summed E-state index contributed by atoms with van der Waals surface area (Å²) in [7, 11) is 2.14. The monoisotopic (exact) mass is 337 g/mol. The lowest BCUT2D eigenvalue weighted by molar-refractivity contribution is 0.192. The number of para-hydroxylation sites is 2. The maximum atomic E-state index is 5.87. The third kappa shape index (κ3) is 3.49. The van der Waals surface area contributed by atoms with E-state index in [-0.39, 0.29) is 0 Å². The van der Waals surface area contributed by atoms with E-state index in [2.05, 4.69) is 38.1 Å². The van der Waals surface area contributed by atoms with Crippen LogP contribution >= 0.6 is 0 Å². The van der Waals surface area contributed by atoms with Crippen molar-refractivity contribution in [3.8, 4) is 0 Å². The first kappa shape index (κ1) is 16.0. The molecule has 1 aliphatic rings. The molecule has 0 aliphatic carbocycles. The van der Waals surface area contributed by atoms with Crippen molar-refractivity contribution in [1.82, 2.24) is 20.1 Å². The van der Waals surface area contributed by atoms with Crippen LogP contribution in [0.4, 0.5) is 5.82 Å². The van der Waals surface area contributed by atoms with Crippen LogP contribution in [0.25, 0.3) is 11.1 Å². The van der Waals surface area contributed by atoms with Crippen LogP contribution in [0.2, 0.25) is 0 Å². The van der Waals surface area contributed by atoms with Gasteiger partial charge in [-0.25, -0.2) is 4.98 Å². The number of likely N-dealkylation sites (N-methyl/N-ethyl adjacent to an activating group) is 1. The number of hydrogen-bond acceptors (Lipinski definition) is 6. The van der Waals surface area contributed by atoms with E-state index >= 15 is 0 Å². The van der Waals surface area contributed by atoms with Crippen LogP contribution in [-0.4, -0.2) is 46.3 Å². The van der Waals surface area contributed by atoms with E-state index in [0.29, 0.717) is 12.6 Å². The van der Waals surface area contributed by atoms with Gasteiger partial charge >= 0.3 is 0 Å². The second kappa shape index (κ2) is 6.80. The van der Waals surface area contributed by atoms with Gasteiger partial charge in [0, 0.05) is 19.1 Å². The quantitative estimate of drug-likeness (QED) is 0.729. The molecule has 6 nitrogen and oxygen atoms in total. The highest BCUT2D eigenvalue weighted by Gasteiger charge is 2.25. The van der Waals surface area contributed by atoms with Crippen LogP contribution in [0.15, 0.2) is 40.8 Å². The van der Waals surface area contributed by atoms with Crippen molar-refractivity contribution in [3.63, 3.8) is 0 Å². The lowest BCUT2D eigenvalue weighted by Gasteiger charge is -2.37. The summed E-state index contributed by atoms with van der Waals surface area (Å²) >= 11 is 0. The van der Waals surface area contributed by atoms with Crippen LogP contribution in [0.3, 0.4) is 0 Å². The Morgan fingerprint density at radius 2 is 2.08 bits per heavy atom. The molecule has 2 aromatic heterocycles. The van der Waals surface area contributed by atoms with Crippen molar-refractivity contribution in [2.24, 2.45) is 0 Å². The zero-order chi connectivity index (χ0) is 17.2. The first-order valence-corrected chi connectivity index (χ1v) is 8.79. The summed E-state index contributed by atoms with van der Waals surface area (Å²) in [5.74, 6) is 1.74. The molecule has 130 valence electrons. The molecule has 1 aliphatic heterocycles. The largest absolute Gasteiger partial charge is 0.439 e. The molecule has 1 atom stereocenters. The fourth-order valence-electron chi connectivity index (χ4n) is 3.41. The molecule has 1 fully saturated rings. The van der Waals surface area contributed by atoms with Crippen molar-refractivity contribution in [2.75, 3.05) is 25.0 Å². The second-order valence-corrected chi connectivity index (χ2v) is 6.77. The predicted molar refractivity (Wildman–Crippen MR) is 97.5 cm³/mol. The molecule has 0 saturated carbocycles. The third-order valence-corrected chi connectivity index (χ3v) is 4.85. The normalized spacial score (nSPS) is 18.2. The lowest BCUT2D eigenvalue weighted by atomic mass is 10.0. The molecule has 3 heterocycles. The Kier molecular flexibility index (Phi) is 4.36. The Balaban J connectivity index is 1.44. The van der Waals surface area contributed by atoms with E-state index in [1.807, 2.05) is 37.3 Å². The van der Waals surface area contributed by atoms with Crippen LogP contribution in [0, 0.1) is 6.92 Å². The number of benzene rings is 1. The average Bonchev–Trinajstić information content (AvgIpc) is 3.04. The standard InChI is InChI=1S/C19H23N5O/c1-14-9-10-18(22-21-14)24-11-5-6-15(12-24)23(2)13-19-20-16-7-3-4-8-17(16)25-19/h3-4,7-10,15H,5-6,11-13H2,1-2H3/t15-/m1/s1. The summed E-state index contributed by atoms with van der Waals surface area (Å²) in [5, 5.41) is 8.52. The molecule has 1 saturated heterocycles. The Hall–Kier alpha value is -2.47. The number of piperidine rings is 1. The van der Waals surface area contributed by atoms with E-state index in [4.69, 9.17) is 4.42 Å². The number of aryl methyl sites for hydroxylation is 1. The van der Waals surface area contributed by atoms with E-state index < -0.39 is 0 Å². The Labute approximate surface area is 147 Å². The van der Waals surface area contributed by atoms with Gasteiger partial charge in [0.2, 0.25) is 5.89 Å². The summed E-state index contributed by atoms with van der Waals surface area (Å²) in [4.78, 5) is 9.24. The van der Waals surface area contributed by atoms with Crippen molar-refractivity contribution in [3.05, 3.63) is 48.0 Å². The average molecular weight is 337 g/mol. The third-order valence-electron chi connectivity index (χ3n) is 4.85. The first-order valence-electron chi connectivity index (χ1n) is 8.79. The summed E-state index contributed by atoms with van der Waals surface area (Å²) in [6, 6.07) is 12.4. The van der Waals surface area contributed by atoms with Crippen LogP contribution in [0.1, 0.15) is 24.4 Å². The highest BCUT2D eigenvalue weighted by Crippen LogP contribution is 2.22. The highest BCUT2D eigenvalue weighted by atomic mass is 16.3. The molecule has 0 bridgehead atoms. The summed E-state index contributed by atoms with van der Waals surface area (Å²) < 4.78 is 5.87. The number of nitrogens with zero attached hydrogens (tertiary/aromatic N) is 5. The van der Waals surface area contributed by atoms with Crippen molar-refractivity contribution in [1.29, 1.82) is 0 Å². The molecular formula is C19H23N5O. The molecule has 0 amide bonds. The van der Waals surface area contributed by atoms with Gasteiger partial charge in [0.05, 0.1) is 12.2 Å². The van der Waals surface area contributed by atoms with Gasteiger partial charge in [-0.05, 0) is 51.1 Å². The first-order chi connectivity index (χ1) is 12.2. The van der Waals surface area contributed by atoms with Crippen molar-refractivity contribution in [2.45, 2.75) is 32.4 Å². The molecule has 0 N–H and O–H groups in total. The second-order valence-electron chi connectivity index (χ2n) is 6.77. The maximum absolute atomic E-state index is 5.87. The minimum atomic E-state index is 0.451. The minimum Gasteiger partial charge on any atom is -0.439 e. The smallest absolute Gasteiger partial charge is 0.209 e. The summed E-state index contributed by atoms with van der Waals surface area (Å²) in [5.41, 5.74) is 2.72. The molecule has 0 unspecified atom stereocenters. The van der Waals surface area contributed by atoms with Gasteiger partial charge in [-0.3, -0.25) is 4.90 Å². The zero-order valence-electron chi connectivity index (χ0n) is 14.7. The van der Waals surface area contributed by atoms with Gasteiger partial charge in [-0.15, -0.1) is 5.10 Å². The Morgan fingerprint density at radius 1 is 1.20 bits per heavy atom. The van der Waals surface area contributed by atoms with Crippen molar-refractivity contribution < 1.29 is 4.42 Å². The molecular weight excluding hydrogens is 314 g/mol. The van der Waals surface area contributed by atoms with Gasteiger partial charge < -0.3 is 9.32 Å². The van der Waals surface area contributed by atoms with Crippen LogP contribution < -0.4 is 4.90 Å². The fourth-order valence-corrected chi connectivity index (χ4v) is 3.41. The minimum absolute atomic E-state index is 0.451. The van der Waals surface area contributed by atoms with E-state index in [9.17, 15) is 0 Å². The van der Waals surface area contributed by atoms with Gasteiger partial charge in [0.15, 0.2) is 11.4 Å². The van der Waals surface area contributed by atoms with Gasteiger partial charge in [0.1, 0.15) is 5.52 Å². The van der Waals surface area contributed by atoms with Gasteiger partial charge in [-0.2, -0.15) is 5.10 Å². The Bertz CT molecular complexity index is 811. The van der Waals surface area contributed by atoms with E-state index in [1.54, 1.807) is 0 Å². The number of anilines is 1. The molecule has 0 spiro atoms.